The standard InChI is InChI=1S/C15H19ClN2O/c16-15-9-14(4-3-13(15)11-19)18-7-5-17(6-8-18)10-12-1-2-12/h3-4,9,11-12H,1-2,5-8,10H2. The highest BCUT2D eigenvalue weighted by Crippen LogP contribution is 2.30. The second-order valence-corrected chi connectivity index (χ2v) is 5.96. The Morgan fingerprint density at radius 1 is 1.21 bits per heavy atom. The second-order valence-electron chi connectivity index (χ2n) is 5.55. The molecule has 0 radical (unpaired) electrons. The van der Waals surface area contributed by atoms with Gasteiger partial charge in [0.05, 0.1) is 5.02 Å². The second kappa shape index (κ2) is 5.51. The Labute approximate surface area is 119 Å². The molecule has 1 saturated carbocycles. The average molecular weight is 279 g/mol. The van der Waals surface area contributed by atoms with Crippen LogP contribution in [0.25, 0.3) is 0 Å². The van der Waals surface area contributed by atoms with Crippen molar-refractivity contribution in [3.8, 4) is 0 Å². The molecule has 2 aliphatic rings. The zero-order valence-electron chi connectivity index (χ0n) is 11.0. The summed E-state index contributed by atoms with van der Waals surface area (Å²) in [6.07, 6.45) is 3.64. The molecule has 2 fully saturated rings. The summed E-state index contributed by atoms with van der Waals surface area (Å²) < 4.78 is 0. The molecule has 0 unspecified atom stereocenters. The summed E-state index contributed by atoms with van der Waals surface area (Å²) in [4.78, 5) is 15.7. The number of nitrogens with zero attached hydrogens (tertiary/aromatic N) is 2. The molecule has 1 aliphatic carbocycles. The van der Waals surface area contributed by atoms with Crippen molar-refractivity contribution in [2.75, 3.05) is 37.6 Å². The molecule has 0 N–H and O–H groups in total. The summed E-state index contributed by atoms with van der Waals surface area (Å²) in [5, 5.41) is 0.549. The van der Waals surface area contributed by atoms with Gasteiger partial charge in [0.1, 0.15) is 0 Å². The largest absolute Gasteiger partial charge is 0.369 e. The van der Waals surface area contributed by atoms with Crippen molar-refractivity contribution in [3.63, 3.8) is 0 Å². The molecular formula is C15H19ClN2O. The Hall–Kier alpha value is -1.06. The maximum atomic E-state index is 10.8. The van der Waals surface area contributed by atoms with Gasteiger partial charge in [-0.25, -0.2) is 0 Å². The predicted molar refractivity (Wildman–Crippen MR) is 78.2 cm³/mol. The van der Waals surface area contributed by atoms with Gasteiger partial charge in [0.2, 0.25) is 0 Å². The van der Waals surface area contributed by atoms with E-state index in [0.29, 0.717) is 10.6 Å². The van der Waals surface area contributed by atoms with Crippen molar-refractivity contribution in [1.29, 1.82) is 0 Å². The minimum atomic E-state index is 0.549. The van der Waals surface area contributed by atoms with Crippen molar-refractivity contribution in [3.05, 3.63) is 28.8 Å². The van der Waals surface area contributed by atoms with E-state index in [1.54, 1.807) is 6.07 Å². The quantitative estimate of drug-likeness (QED) is 0.791. The topological polar surface area (TPSA) is 23.6 Å². The van der Waals surface area contributed by atoms with Gasteiger partial charge >= 0.3 is 0 Å². The Balaban J connectivity index is 1.60. The van der Waals surface area contributed by atoms with E-state index in [0.717, 1.165) is 44.1 Å². The Kier molecular flexibility index (Phi) is 3.76. The third kappa shape index (κ3) is 3.10. The van der Waals surface area contributed by atoms with Crippen LogP contribution in [0, 0.1) is 5.92 Å². The van der Waals surface area contributed by atoms with Crippen LogP contribution in [0.5, 0.6) is 0 Å². The summed E-state index contributed by atoms with van der Waals surface area (Å²) in [7, 11) is 0. The lowest BCUT2D eigenvalue weighted by atomic mass is 10.2. The third-order valence-corrected chi connectivity index (χ3v) is 4.39. The summed E-state index contributed by atoms with van der Waals surface area (Å²) in [5.41, 5.74) is 1.69. The lowest BCUT2D eigenvalue weighted by Gasteiger charge is -2.36. The van der Waals surface area contributed by atoms with E-state index in [2.05, 4.69) is 9.80 Å². The van der Waals surface area contributed by atoms with Crippen LogP contribution in [0.2, 0.25) is 5.02 Å². The van der Waals surface area contributed by atoms with Gasteiger partial charge < -0.3 is 4.90 Å². The molecule has 0 spiro atoms. The van der Waals surface area contributed by atoms with Gasteiger partial charge in [-0.05, 0) is 37.0 Å². The molecule has 3 nitrogen and oxygen atoms in total. The Morgan fingerprint density at radius 3 is 2.53 bits per heavy atom. The number of hydrogen-bond donors (Lipinski definition) is 0. The molecule has 1 aromatic carbocycles. The third-order valence-electron chi connectivity index (χ3n) is 4.06. The van der Waals surface area contributed by atoms with Crippen LogP contribution < -0.4 is 4.90 Å². The van der Waals surface area contributed by atoms with Gasteiger partial charge in [-0.15, -0.1) is 0 Å². The van der Waals surface area contributed by atoms with Crippen molar-refractivity contribution in [2.45, 2.75) is 12.8 Å². The van der Waals surface area contributed by atoms with E-state index in [-0.39, 0.29) is 0 Å². The van der Waals surface area contributed by atoms with Crippen molar-refractivity contribution in [1.82, 2.24) is 4.90 Å². The van der Waals surface area contributed by atoms with Crippen LogP contribution in [0.15, 0.2) is 18.2 Å². The van der Waals surface area contributed by atoms with E-state index in [1.165, 1.54) is 19.4 Å². The zero-order chi connectivity index (χ0) is 13.2. The van der Waals surface area contributed by atoms with Crippen LogP contribution >= 0.6 is 11.6 Å². The number of carbonyl (C=O) groups excluding carboxylic acids is 1. The Bertz CT molecular complexity index is 465. The van der Waals surface area contributed by atoms with Gasteiger partial charge in [0, 0.05) is 44.0 Å². The molecule has 1 aromatic rings. The summed E-state index contributed by atoms with van der Waals surface area (Å²) in [6.45, 7) is 5.62. The number of anilines is 1. The van der Waals surface area contributed by atoms with Crippen LogP contribution in [0.3, 0.4) is 0 Å². The number of aldehydes is 1. The molecule has 1 heterocycles. The van der Waals surface area contributed by atoms with E-state index < -0.39 is 0 Å². The van der Waals surface area contributed by atoms with Crippen LogP contribution in [0.4, 0.5) is 5.69 Å². The van der Waals surface area contributed by atoms with Crippen LogP contribution in [0.1, 0.15) is 23.2 Å². The van der Waals surface area contributed by atoms with Gasteiger partial charge in [-0.1, -0.05) is 11.6 Å². The number of benzene rings is 1. The first-order chi connectivity index (χ1) is 9.26. The van der Waals surface area contributed by atoms with E-state index in [9.17, 15) is 4.79 Å². The number of piperazine rings is 1. The molecule has 4 heteroatoms. The highest BCUT2D eigenvalue weighted by molar-refractivity contribution is 6.33. The van der Waals surface area contributed by atoms with Crippen molar-refractivity contribution >= 4 is 23.6 Å². The summed E-state index contributed by atoms with van der Waals surface area (Å²) in [5.74, 6) is 0.966. The highest BCUT2D eigenvalue weighted by Gasteiger charge is 2.26. The molecular weight excluding hydrogens is 260 g/mol. The number of hydrogen-bond acceptors (Lipinski definition) is 3. The fraction of sp³-hybridized carbons (Fsp3) is 0.533. The highest BCUT2D eigenvalue weighted by atomic mass is 35.5. The molecule has 1 saturated heterocycles. The first kappa shape index (κ1) is 12.9. The zero-order valence-corrected chi connectivity index (χ0v) is 11.8. The Morgan fingerprint density at radius 2 is 1.95 bits per heavy atom. The molecule has 3 rings (SSSR count). The lowest BCUT2D eigenvalue weighted by Crippen LogP contribution is -2.47. The van der Waals surface area contributed by atoms with Gasteiger partial charge in [0.15, 0.2) is 6.29 Å². The SMILES string of the molecule is O=Cc1ccc(N2CCN(CC3CC3)CC2)cc1Cl. The smallest absolute Gasteiger partial charge is 0.151 e. The van der Waals surface area contributed by atoms with E-state index >= 15 is 0 Å². The van der Waals surface area contributed by atoms with Crippen LogP contribution in [-0.4, -0.2) is 43.9 Å². The lowest BCUT2D eigenvalue weighted by molar-refractivity contribution is 0.112. The number of carbonyl (C=O) groups is 1. The fourth-order valence-electron chi connectivity index (χ4n) is 2.66. The van der Waals surface area contributed by atoms with Crippen molar-refractivity contribution in [2.24, 2.45) is 5.92 Å². The minimum absolute atomic E-state index is 0.549. The van der Waals surface area contributed by atoms with E-state index in [1.807, 2.05) is 12.1 Å². The summed E-state index contributed by atoms with van der Waals surface area (Å²) >= 11 is 6.09. The molecule has 102 valence electrons. The first-order valence-corrected chi connectivity index (χ1v) is 7.36. The maximum absolute atomic E-state index is 10.8. The fourth-order valence-corrected chi connectivity index (χ4v) is 2.88. The normalized spacial score (nSPS) is 20.6. The average Bonchev–Trinajstić information content (AvgIpc) is 3.23. The maximum Gasteiger partial charge on any atom is 0.151 e. The molecule has 0 amide bonds. The molecule has 1 aliphatic heterocycles. The minimum Gasteiger partial charge on any atom is -0.369 e. The molecule has 19 heavy (non-hydrogen) atoms. The van der Waals surface area contributed by atoms with Crippen molar-refractivity contribution < 1.29 is 4.79 Å². The molecule has 0 atom stereocenters. The first-order valence-electron chi connectivity index (χ1n) is 6.98. The molecule has 0 aromatic heterocycles. The predicted octanol–water partition coefficient (Wildman–Crippen LogP) is 2.68. The summed E-state index contributed by atoms with van der Waals surface area (Å²) in [6, 6.07) is 5.70. The van der Waals surface area contributed by atoms with Crippen LogP contribution in [-0.2, 0) is 0 Å². The number of halogens is 1. The van der Waals surface area contributed by atoms with Gasteiger partial charge in [-0.3, -0.25) is 9.69 Å². The van der Waals surface area contributed by atoms with Gasteiger partial charge in [0.25, 0.3) is 0 Å². The monoisotopic (exact) mass is 278 g/mol. The van der Waals surface area contributed by atoms with Gasteiger partial charge in [-0.2, -0.15) is 0 Å². The van der Waals surface area contributed by atoms with E-state index in [4.69, 9.17) is 11.6 Å². The number of rotatable bonds is 4. The molecule has 0 bridgehead atoms.